The van der Waals surface area contributed by atoms with Crippen LogP contribution in [0, 0.1) is 11.3 Å². The minimum Gasteiger partial charge on any atom is -0.406 e. The number of nitrogens with one attached hydrogen (secondary N) is 1. The number of halogens is 3. The maximum atomic E-state index is 12.8. The zero-order chi connectivity index (χ0) is 21.7. The van der Waals surface area contributed by atoms with Crippen molar-refractivity contribution < 1.29 is 27.5 Å². The number of nitrogens with zero attached hydrogens (tertiary/aromatic N) is 2. The molecule has 0 bridgehead atoms. The second kappa shape index (κ2) is 8.86. The van der Waals surface area contributed by atoms with E-state index in [-0.39, 0.29) is 37.1 Å². The molecular formula is C21H18F3N3O3. The Labute approximate surface area is 170 Å². The number of carbonyl (C=O) groups is 2. The monoisotopic (exact) mass is 417 g/mol. The van der Waals surface area contributed by atoms with Gasteiger partial charge in [0.2, 0.25) is 5.91 Å². The summed E-state index contributed by atoms with van der Waals surface area (Å²) in [6.45, 7) is 0.375. The van der Waals surface area contributed by atoms with Crippen molar-refractivity contribution >= 4 is 11.8 Å². The predicted molar refractivity (Wildman–Crippen MR) is 100 cm³/mol. The highest BCUT2D eigenvalue weighted by Crippen LogP contribution is 2.33. The van der Waals surface area contributed by atoms with Gasteiger partial charge < -0.3 is 15.0 Å². The standard InChI is InChI=1S/C21H18F3N3O3/c22-21(23,24)30-15-8-6-14(7-9-15)10-12-26-19(28)18-16-4-1-2-5-17(16)20(29)27(18)13-3-11-25/h1-2,4-9,18H,3,10,12-13H2,(H,26,28). The van der Waals surface area contributed by atoms with Crippen LogP contribution in [0.25, 0.3) is 0 Å². The van der Waals surface area contributed by atoms with Gasteiger partial charge in [0.1, 0.15) is 11.8 Å². The quantitative estimate of drug-likeness (QED) is 0.749. The fourth-order valence-electron chi connectivity index (χ4n) is 3.34. The van der Waals surface area contributed by atoms with E-state index in [0.717, 1.165) is 0 Å². The third-order valence-electron chi connectivity index (χ3n) is 4.64. The Balaban J connectivity index is 1.62. The number of alkyl halides is 3. The summed E-state index contributed by atoms with van der Waals surface area (Å²) in [5.41, 5.74) is 1.75. The lowest BCUT2D eigenvalue weighted by molar-refractivity contribution is -0.274. The van der Waals surface area contributed by atoms with Crippen molar-refractivity contribution in [1.82, 2.24) is 10.2 Å². The smallest absolute Gasteiger partial charge is 0.406 e. The highest BCUT2D eigenvalue weighted by molar-refractivity contribution is 6.04. The topological polar surface area (TPSA) is 82.4 Å². The number of ether oxygens (including phenoxy) is 1. The predicted octanol–water partition coefficient (Wildman–Crippen LogP) is 3.35. The molecule has 2 amide bonds. The maximum Gasteiger partial charge on any atom is 0.573 e. The zero-order valence-electron chi connectivity index (χ0n) is 15.8. The molecule has 1 aliphatic heterocycles. The molecule has 1 N–H and O–H groups in total. The van der Waals surface area contributed by atoms with Crippen molar-refractivity contribution in [3.63, 3.8) is 0 Å². The van der Waals surface area contributed by atoms with Gasteiger partial charge in [0, 0.05) is 18.7 Å². The Morgan fingerprint density at radius 2 is 1.87 bits per heavy atom. The number of benzene rings is 2. The van der Waals surface area contributed by atoms with Gasteiger partial charge in [-0.15, -0.1) is 13.2 Å². The molecule has 30 heavy (non-hydrogen) atoms. The minimum absolute atomic E-state index is 0.107. The third-order valence-corrected chi connectivity index (χ3v) is 4.64. The Hall–Kier alpha value is -3.54. The molecule has 1 heterocycles. The van der Waals surface area contributed by atoms with Gasteiger partial charge in [-0.2, -0.15) is 5.26 Å². The summed E-state index contributed by atoms with van der Waals surface area (Å²) in [4.78, 5) is 26.8. The minimum atomic E-state index is -4.75. The summed E-state index contributed by atoms with van der Waals surface area (Å²) in [5.74, 6) is -0.978. The van der Waals surface area contributed by atoms with Gasteiger partial charge in [-0.05, 0) is 35.7 Å². The second-order valence-corrected chi connectivity index (χ2v) is 6.63. The van der Waals surface area contributed by atoms with E-state index in [0.29, 0.717) is 23.1 Å². The first-order chi connectivity index (χ1) is 14.3. The van der Waals surface area contributed by atoms with Crippen LogP contribution < -0.4 is 10.1 Å². The van der Waals surface area contributed by atoms with E-state index in [9.17, 15) is 22.8 Å². The van der Waals surface area contributed by atoms with Crippen molar-refractivity contribution in [2.24, 2.45) is 0 Å². The van der Waals surface area contributed by atoms with Crippen molar-refractivity contribution in [3.05, 3.63) is 65.2 Å². The van der Waals surface area contributed by atoms with Crippen molar-refractivity contribution in [1.29, 1.82) is 5.26 Å². The van der Waals surface area contributed by atoms with Crippen molar-refractivity contribution in [3.8, 4) is 11.8 Å². The van der Waals surface area contributed by atoms with Crippen LogP contribution in [0.15, 0.2) is 48.5 Å². The largest absolute Gasteiger partial charge is 0.573 e. The van der Waals surface area contributed by atoms with Gasteiger partial charge in [-0.25, -0.2) is 0 Å². The number of amides is 2. The first-order valence-electron chi connectivity index (χ1n) is 9.19. The molecule has 9 heteroatoms. The fourth-order valence-corrected chi connectivity index (χ4v) is 3.34. The molecule has 1 unspecified atom stereocenters. The summed E-state index contributed by atoms with van der Waals surface area (Å²) in [6, 6.07) is 13.4. The highest BCUT2D eigenvalue weighted by atomic mass is 19.4. The normalized spacial score (nSPS) is 15.5. The molecule has 0 aliphatic carbocycles. The van der Waals surface area contributed by atoms with Crippen LogP contribution in [0.2, 0.25) is 0 Å². The van der Waals surface area contributed by atoms with Gasteiger partial charge in [0.15, 0.2) is 0 Å². The second-order valence-electron chi connectivity index (χ2n) is 6.63. The van der Waals surface area contributed by atoms with Crippen molar-refractivity contribution in [2.45, 2.75) is 25.2 Å². The molecular weight excluding hydrogens is 399 g/mol. The van der Waals surface area contributed by atoms with Crippen LogP contribution in [0.1, 0.15) is 33.9 Å². The first kappa shape index (κ1) is 21.2. The average molecular weight is 417 g/mol. The molecule has 2 aromatic rings. The molecule has 0 saturated heterocycles. The lowest BCUT2D eigenvalue weighted by atomic mass is 10.0. The third kappa shape index (κ3) is 4.89. The van der Waals surface area contributed by atoms with E-state index in [1.165, 1.54) is 29.2 Å². The van der Waals surface area contributed by atoms with E-state index in [4.69, 9.17) is 5.26 Å². The van der Waals surface area contributed by atoms with Gasteiger partial charge in [0.05, 0.1) is 12.5 Å². The molecule has 3 rings (SSSR count). The van der Waals surface area contributed by atoms with Crippen LogP contribution in [-0.2, 0) is 11.2 Å². The van der Waals surface area contributed by atoms with Crippen LogP contribution in [0.4, 0.5) is 13.2 Å². The first-order valence-corrected chi connectivity index (χ1v) is 9.19. The zero-order valence-corrected chi connectivity index (χ0v) is 15.8. The van der Waals surface area contributed by atoms with Crippen molar-refractivity contribution in [2.75, 3.05) is 13.1 Å². The Kier molecular flexibility index (Phi) is 6.26. The van der Waals surface area contributed by atoms with Crippen LogP contribution >= 0.6 is 0 Å². The number of nitriles is 1. The van der Waals surface area contributed by atoms with Crippen LogP contribution in [0.3, 0.4) is 0 Å². The summed E-state index contributed by atoms with van der Waals surface area (Å²) in [5, 5.41) is 11.6. The molecule has 1 aliphatic rings. The number of hydrogen-bond donors (Lipinski definition) is 1. The summed E-state index contributed by atoms with van der Waals surface area (Å²) < 4.78 is 40.4. The fraction of sp³-hybridized carbons (Fsp3) is 0.286. The number of rotatable bonds is 7. The van der Waals surface area contributed by atoms with E-state index in [1.54, 1.807) is 24.3 Å². The van der Waals surface area contributed by atoms with E-state index in [1.807, 2.05) is 6.07 Å². The number of fused-ring (bicyclic) bond motifs is 1. The van der Waals surface area contributed by atoms with E-state index >= 15 is 0 Å². The molecule has 2 aromatic carbocycles. The summed E-state index contributed by atoms with van der Waals surface area (Å²) >= 11 is 0. The Morgan fingerprint density at radius 3 is 2.53 bits per heavy atom. The molecule has 0 spiro atoms. The van der Waals surface area contributed by atoms with Crippen LogP contribution in [-0.4, -0.2) is 36.2 Å². The van der Waals surface area contributed by atoms with Gasteiger partial charge in [-0.3, -0.25) is 9.59 Å². The molecule has 0 saturated carbocycles. The summed E-state index contributed by atoms with van der Waals surface area (Å²) in [7, 11) is 0. The Bertz CT molecular complexity index is 968. The number of hydrogen-bond acceptors (Lipinski definition) is 4. The number of carbonyl (C=O) groups excluding carboxylic acids is 2. The Morgan fingerprint density at radius 1 is 1.17 bits per heavy atom. The summed E-state index contributed by atoms with van der Waals surface area (Å²) in [6.07, 6.45) is -4.25. The van der Waals surface area contributed by atoms with Gasteiger partial charge >= 0.3 is 6.36 Å². The van der Waals surface area contributed by atoms with Gasteiger partial charge in [0.25, 0.3) is 5.91 Å². The van der Waals surface area contributed by atoms with E-state index in [2.05, 4.69) is 10.1 Å². The van der Waals surface area contributed by atoms with Crippen LogP contribution in [0.5, 0.6) is 5.75 Å². The maximum absolute atomic E-state index is 12.8. The lowest BCUT2D eigenvalue weighted by Crippen LogP contribution is -2.40. The highest BCUT2D eigenvalue weighted by Gasteiger charge is 2.40. The van der Waals surface area contributed by atoms with Gasteiger partial charge in [-0.1, -0.05) is 30.3 Å². The van der Waals surface area contributed by atoms with E-state index < -0.39 is 12.4 Å². The molecule has 0 aromatic heterocycles. The SMILES string of the molecule is N#CCCN1C(=O)c2ccccc2C1C(=O)NCCc1ccc(OC(F)(F)F)cc1. The average Bonchev–Trinajstić information content (AvgIpc) is 2.98. The lowest BCUT2D eigenvalue weighted by Gasteiger charge is -2.23. The molecule has 1 atom stereocenters. The molecule has 156 valence electrons. The molecule has 6 nitrogen and oxygen atoms in total. The molecule has 0 fully saturated rings. The molecule has 0 radical (unpaired) electrons.